The number of carboxylic acids is 1. The van der Waals surface area contributed by atoms with Crippen LogP contribution in [0.4, 0.5) is 5.82 Å². The maximum absolute atomic E-state index is 10.7. The lowest BCUT2D eigenvalue weighted by atomic mass is 10.3. The average molecular weight is 246 g/mol. The van der Waals surface area contributed by atoms with Gasteiger partial charge in [-0.05, 0) is 12.1 Å². The van der Waals surface area contributed by atoms with Crippen LogP contribution in [0.25, 0.3) is 0 Å². The van der Waals surface area contributed by atoms with E-state index in [2.05, 4.69) is 20.4 Å². The van der Waals surface area contributed by atoms with E-state index >= 15 is 0 Å². The number of anilines is 1. The molecule has 0 amide bonds. The number of aromatic carboxylic acids is 1. The van der Waals surface area contributed by atoms with Gasteiger partial charge in [0, 0.05) is 13.1 Å². The molecule has 0 unspecified atom stereocenters. The number of fused-ring (bicyclic) bond motifs is 1. The second kappa shape index (κ2) is 4.06. The van der Waals surface area contributed by atoms with Crippen molar-refractivity contribution in [2.75, 3.05) is 11.4 Å². The molecule has 3 rings (SSSR count). The van der Waals surface area contributed by atoms with Gasteiger partial charge in [-0.1, -0.05) is 0 Å². The van der Waals surface area contributed by atoms with Crippen molar-refractivity contribution in [3.8, 4) is 0 Å². The summed E-state index contributed by atoms with van der Waals surface area (Å²) in [6.07, 6.45) is 1.70. The average Bonchev–Trinajstić information content (AvgIpc) is 2.86. The fraction of sp³-hybridized carbons (Fsp3) is 0.300. The highest BCUT2D eigenvalue weighted by Crippen LogP contribution is 2.16. The summed E-state index contributed by atoms with van der Waals surface area (Å²) in [5.74, 6) is 0.437. The first kappa shape index (κ1) is 10.6. The molecule has 0 radical (unpaired) electrons. The van der Waals surface area contributed by atoms with Crippen LogP contribution in [0.5, 0.6) is 0 Å². The summed E-state index contributed by atoms with van der Waals surface area (Å²) >= 11 is 0. The van der Waals surface area contributed by atoms with Gasteiger partial charge in [-0.2, -0.15) is 0 Å². The number of nitrogens with zero attached hydrogens (tertiary/aromatic N) is 6. The monoisotopic (exact) mass is 246 g/mol. The van der Waals surface area contributed by atoms with E-state index in [-0.39, 0.29) is 5.69 Å². The van der Waals surface area contributed by atoms with Crippen LogP contribution in [0.15, 0.2) is 18.5 Å². The third-order valence-electron chi connectivity index (χ3n) is 2.83. The van der Waals surface area contributed by atoms with Crippen LogP contribution in [0, 0.1) is 0 Å². The summed E-state index contributed by atoms with van der Waals surface area (Å²) < 4.78 is 1.98. The Morgan fingerprint density at radius 3 is 2.83 bits per heavy atom. The molecule has 8 nitrogen and oxygen atoms in total. The van der Waals surface area contributed by atoms with E-state index in [9.17, 15) is 4.79 Å². The highest BCUT2D eigenvalue weighted by atomic mass is 16.4. The first-order valence-corrected chi connectivity index (χ1v) is 5.43. The van der Waals surface area contributed by atoms with E-state index in [1.807, 2.05) is 9.47 Å². The van der Waals surface area contributed by atoms with Crippen molar-refractivity contribution in [2.45, 2.75) is 13.1 Å². The molecule has 0 saturated heterocycles. The van der Waals surface area contributed by atoms with Crippen LogP contribution in [0.3, 0.4) is 0 Å². The maximum Gasteiger partial charge on any atom is 0.356 e. The molecule has 0 bridgehead atoms. The Bertz CT molecular complexity index is 578. The number of rotatable bonds is 2. The lowest BCUT2D eigenvalue weighted by Gasteiger charge is -2.27. The van der Waals surface area contributed by atoms with E-state index in [1.165, 1.54) is 6.07 Å². The minimum absolute atomic E-state index is 0.0565. The molecule has 1 N–H and O–H groups in total. The normalized spacial score (nSPS) is 14.3. The standard InChI is InChI=1S/C10H10N6O2/c17-10(18)7-1-2-8(14-12-7)15-3-4-16-6-11-13-9(16)5-15/h1-2,6H,3-5H2,(H,17,18). The summed E-state index contributed by atoms with van der Waals surface area (Å²) in [5, 5.41) is 24.2. The van der Waals surface area contributed by atoms with E-state index in [0.29, 0.717) is 12.4 Å². The predicted molar refractivity (Wildman–Crippen MR) is 60.1 cm³/mol. The molecule has 92 valence electrons. The summed E-state index contributed by atoms with van der Waals surface area (Å²) in [6.45, 7) is 2.15. The Kier molecular flexibility index (Phi) is 2.40. The topological polar surface area (TPSA) is 97.0 Å². The smallest absolute Gasteiger partial charge is 0.356 e. The van der Waals surface area contributed by atoms with Gasteiger partial charge in [0.2, 0.25) is 0 Å². The van der Waals surface area contributed by atoms with Gasteiger partial charge in [0.05, 0.1) is 6.54 Å². The Labute approximate surface area is 102 Å². The molecule has 0 spiro atoms. The molecule has 0 fully saturated rings. The molecule has 0 aromatic carbocycles. The number of hydrogen-bond acceptors (Lipinski definition) is 6. The first-order valence-electron chi connectivity index (χ1n) is 5.43. The molecule has 18 heavy (non-hydrogen) atoms. The van der Waals surface area contributed by atoms with Crippen LogP contribution >= 0.6 is 0 Å². The fourth-order valence-electron chi connectivity index (χ4n) is 1.87. The Morgan fingerprint density at radius 2 is 2.11 bits per heavy atom. The van der Waals surface area contributed by atoms with E-state index in [0.717, 1.165) is 18.9 Å². The molecule has 2 aromatic rings. The number of hydrogen-bond donors (Lipinski definition) is 1. The van der Waals surface area contributed by atoms with Gasteiger partial charge >= 0.3 is 5.97 Å². The summed E-state index contributed by atoms with van der Waals surface area (Å²) in [6, 6.07) is 3.10. The number of carboxylic acid groups (broad SMARTS) is 1. The largest absolute Gasteiger partial charge is 0.476 e. The second-order valence-corrected chi connectivity index (χ2v) is 3.94. The third kappa shape index (κ3) is 1.77. The van der Waals surface area contributed by atoms with Crippen LogP contribution in [-0.2, 0) is 13.1 Å². The number of aromatic nitrogens is 5. The van der Waals surface area contributed by atoms with E-state index in [4.69, 9.17) is 5.11 Å². The highest BCUT2D eigenvalue weighted by molar-refractivity contribution is 5.85. The molecule has 8 heteroatoms. The lowest BCUT2D eigenvalue weighted by molar-refractivity contribution is 0.0689. The van der Waals surface area contributed by atoms with Crippen LogP contribution < -0.4 is 4.90 Å². The fourth-order valence-corrected chi connectivity index (χ4v) is 1.87. The van der Waals surface area contributed by atoms with Crippen molar-refractivity contribution in [3.05, 3.63) is 30.0 Å². The molecule has 2 aromatic heterocycles. The summed E-state index contributed by atoms with van der Waals surface area (Å²) in [5.41, 5.74) is -0.0565. The van der Waals surface area contributed by atoms with Gasteiger partial charge in [0.1, 0.15) is 6.33 Å². The Morgan fingerprint density at radius 1 is 1.22 bits per heavy atom. The molecule has 0 aliphatic carbocycles. The Balaban J connectivity index is 1.82. The second-order valence-electron chi connectivity index (χ2n) is 3.94. The number of carbonyl (C=O) groups is 1. The van der Waals surface area contributed by atoms with Crippen molar-refractivity contribution >= 4 is 11.8 Å². The molecule has 1 aliphatic heterocycles. The van der Waals surface area contributed by atoms with Crippen molar-refractivity contribution in [1.29, 1.82) is 0 Å². The van der Waals surface area contributed by atoms with Crippen molar-refractivity contribution in [1.82, 2.24) is 25.0 Å². The van der Waals surface area contributed by atoms with Crippen molar-refractivity contribution < 1.29 is 9.90 Å². The van der Waals surface area contributed by atoms with Crippen LogP contribution in [0.1, 0.15) is 16.3 Å². The molecule has 3 heterocycles. The predicted octanol–water partition coefficient (Wildman–Crippen LogP) is -0.214. The van der Waals surface area contributed by atoms with Gasteiger partial charge in [0.15, 0.2) is 17.3 Å². The zero-order valence-corrected chi connectivity index (χ0v) is 9.39. The van der Waals surface area contributed by atoms with E-state index < -0.39 is 5.97 Å². The molecule has 0 atom stereocenters. The minimum Gasteiger partial charge on any atom is -0.476 e. The van der Waals surface area contributed by atoms with Gasteiger partial charge in [-0.25, -0.2) is 4.79 Å². The van der Waals surface area contributed by atoms with Gasteiger partial charge in [-0.3, -0.25) is 0 Å². The zero-order chi connectivity index (χ0) is 12.5. The van der Waals surface area contributed by atoms with E-state index in [1.54, 1.807) is 12.4 Å². The van der Waals surface area contributed by atoms with Crippen molar-refractivity contribution in [3.63, 3.8) is 0 Å². The highest BCUT2D eigenvalue weighted by Gasteiger charge is 2.19. The quantitative estimate of drug-likeness (QED) is 0.782. The molecule has 0 saturated carbocycles. The molecule has 1 aliphatic rings. The van der Waals surface area contributed by atoms with Gasteiger partial charge in [0.25, 0.3) is 0 Å². The SMILES string of the molecule is O=C(O)c1ccc(N2CCn3cnnc3C2)nn1. The lowest BCUT2D eigenvalue weighted by Crippen LogP contribution is -2.34. The third-order valence-corrected chi connectivity index (χ3v) is 2.83. The van der Waals surface area contributed by atoms with Gasteiger partial charge in [-0.15, -0.1) is 20.4 Å². The van der Waals surface area contributed by atoms with Crippen LogP contribution in [-0.4, -0.2) is 42.6 Å². The van der Waals surface area contributed by atoms with Gasteiger partial charge < -0.3 is 14.6 Å². The molecular weight excluding hydrogens is 236 g/mol. The summed E-state index contributed by atoms with van der Waals surface area (Å²) in [7, 11) is 0. The zero-order valence-electron chi connectivity index (χ0n) is 9.39. The molecular formula is C10H10N6O2. The first-order chi connectivity index (χ1) is 8.74. The maximum atomic E-state index is 10.7. The van der Waals surface area contributed by atoms with Crippen molar-refractivity contribution in [2.24, 2.45) is 0 Å². The minimum atomic E-state index is -1.08. The summed E-state index contributed by atoms with van der Waals surface area (Å²) in [4.78, 5) is 12.7. The Hall–Kier alpha value is -2.51. The van der Waals surface area contributed by atoms with Crippen LogP contribution in [0.2, 0.25) is 0 Å².